The van der Waals surface area contributed by atoms with Gasteiger partial charge in [-0.2, -0.15) is 0 Å². The number of fused-ring (bicyclic) bond motifs is 3. The smallest absolute Gasteiger partial charge is 0.126 e. The van der Waals surface area contributed by atoms with E-state index >= 15 is 0 Å². The fourth-order valence-corrected chi connectivity index (χ4v) is 7.60. The van der Waals surface area contributed by atoms with Crippen LogP contribution in [0.2, 0.25) is 0 Å². The highest BCUT2D eigenvalue weighted by Crippen LogP contribution is 2.51. The summed E-state index contributed by atoms with van der Waals surface area (Å²) in [6.45, 7) is 9.82. The number of para-hydroxylation sites is 3. The van der Waals surface area contributed by atoms with Gasteiger partial charge < -0.3 is 13.7 Å². The third-order valence-corrected chi connectivity index (χ3v) is 10.1. The van der Waals surface area contributed by atoms with Crippen molar-refractivity contribution in [1.82, 2.24) is 13.7 Å². The number of benzene rings is 3. The van der Waals surface area contributed by atoms with Crippen LogP contribution in [0.3, 0.4) is 0 Å². The van der Waals surface area contributed by atoms with Gasteiger partial charge in [-0.05, 0) is 37.5 Å². The normalized spacial score (nSPS) is 12.3. The first-order valence-electron chi connectivity index (χ1n) is 17.1. The van der Waals surface area contributed by atoms with E-state index in [4.69, 9.17) is 11.6 Å². The number of halogens is 1. The molecule has 0 saturated heterocycles. The molecule has 44 heavy (non-hydrogen) atoms. The Hall–Kier alpha value is -3.43. The van der Waals surface area contributed by atoms with Gasteiger partial charge in [0, 0.05) is 87.6 Å². The van der Waals surface area contributed by atoms with Gasteiger partial charge in [0.15, 0.2) is 0 Å². The van der Waals surface area contributed by atoms with Gasteiger partial charge in [-0.3, -0.25) is 0 Å². The lowest BCUT2D eigenvalue weighted by Crippen LogP contribution is -2.22. The zero-order chi connectivity index (χ0) is 30.5. The monoisotopic (exact) mass is 605 g/mol. The highest BCUT2D eigenvalue weighted by atomic mass is 35.5. The van der Waals surface area contributed by atoms with Crippen LogP contribution in [0.15, 0.2) is 91.4 Å². The first-order chi connectivity index (χ1) is 21.6. The van der Waals surface area contributed by atoms with E-state index in [-0.39, 0.29) is 0 Å². The fraction of sp³-hybridized carbons (Fsp3) is 0.400. The van der Waals surface area contributed by atoms with E-state index in [2.05, 4.69) is 126 Å². The Kier molecular flexibility index (Phi) is 9.52. The van der Waals surface area contributed by atoms with Crippen molar-refractivity contribution in [1.29, 1.82) is 0 Å². The average Bonchev–Trinajstić information content (AvgIpc) is 3.74. The van der Waals surface area contributed by atoms with Crippen molar-refractivity contribution in [2.24, 2.45) is 0 Å². The number of aryl methyl sites for hydroxylation is 3. The molecule has 0 fully saturated rings. The molecule has 230 valence electrons. The predicted octanol–water partition coefficient (Wildman–Crippen LogP) is 11.7. The van der Waals surface area contributed by atoms with E-state index in [0.29, 0.717) is 0 Å². The quantitative estimate of drug-likeness (QED) is 0.0816. The van der Waals surface area contributed by atoms with Crippen molar-refractivity contribution in [3.63, 3.8) is 0 Å². The topological polar surface area (TPSA) is 14.8 Å². The standard InChI is InChI=1S/C40H48ClN3/c1-4-7-16-25-42-28-34(31-19-10-13-22-37(31)42)40(41,35-29-43(26-17-8-5-2)38-23-14-11-20-32(35)38)36-30-44(27-18-9-6-3)39-24-15-12-21-33(36)39/h10-15,19-24,28-30H,4-9,16-18,25-27H2,1-3H3. The van der Waals surface area contributed by atoms with E-state index in [1.54, 1.807) is 0 Å². The van der Waals surface area contributed by atoms with Gasteiger partial charge in [0.25, 0.3) is 0 Å². The van der Waals surface area contributed by atoms with Crippen molar-refractivity contribution in [3.8, 4) is 0 Å². The SMILES string of the molecule is CCCCCn1cc(C(Cl)(c2cn(CCCCC)c3ccccc23)c2cn(CCCCC)c3ccccc23)c2ccccc21. The Morgan fingerprint density at radius 1 is 0.455 bits per heavy atom. The Morgan fingerprint density at radius 2 is 0.750 bits per heavy atom. The van der Waals surface area contributed by atoms with Gasteiger partial charge in [0.1, 0.15) is 4.87 Å². The van der Waals surface area contributed by atoms with Gasteiger partial charge >= 0.3 is 0 Å². The third-order valence-electron chi connectivity index (χ3n) is 9.49. The van der Waals surface area contributed by atoms with Crippen LogP contribution in [0.4, 0.5) is 0 Å². The van der Waals surface area contributed by atoms with Crippen LogP contribution in [-0.4, -0.2) is 13.7 Å². The lowest BCUT2D eigenvalue weighted by atomic mass is 9.83. The molecule has 4 heteroatoms. The van der Waals surface area contributed by atoms with Gasteiger partial charge in [0.2, 0.25) is 0 Å². The minimum absolute atomic E-state index is 0.874. The Bertz CT molecular complexity index is 1620. The maximum absolute atomic E-state index is 8.44. The highest BCUT2D eigenvalue weighted by Gasteiger charge is 2.41. The minimum atomic E-state index is -0.874. The summed E-state index contributed by atoms with van der Waals surface area (Å²) in [5.41, 5.74) is 7.34. The summed E-state index contributed by atoms with van der Waals surface area (Å²) in [4.78, 5) is -0.874. The van der Waals surface area contributed by atoms with Gasteiger partial charge in [-0.25, -0.2) is 0 Å². The molecule has 3 aromatic heterocycles. The molecule has 0 aliphatic heterocycles. The van der Waals surface area contributed by atoms with E-state index in [0.717, 1.165) is 38.9 Å². The maximum atomic E-state index is 8.44. The van der Waals surface area contributed by atoms with Gasteiger partial charge in [-0.15, -0.1) is 11.6 Å². The predicted molar refractivity (Wildman–Crippen MR) is 190 cm³/mol. The number of unbranched alkanes of at least 4 members (excludes halogenated alkanes) is 6. The molecular weight excluding hydrogens is 558 g/mol. The summed E-state index contributed by atoms with van der Waals surface area (Å²) in [5.74, 6) is 0. The van der Waals surface area contributed by atoms with Crippen molar-refractivity contribution < 1.29 is 0 Å². The molecule has 0 unspecified atom stereocenters. The summed E-state index contributed by atoms with van der Waals surface area (Å²) in [7, 11) is 0. The molecule has 0 bridgehead atoms. The Labute approximate surface area is 268 Å². The van der Waals surface area contributed by atoms with Crippen LogP contribution in [0, 0.1) is 0 Å². The third kappa shape index (κ3) is 5.60. The molecule has 0 aliphatic rings. The number of nitrogens with zero attached hydrogens (tertiary/aromatic N) is 3. The van der Waals surface area contributed by atoms with Crippen molar-refractivity contribution in [2.45, 2.75) is 103 Å². The van der Waals surface area contributed by atoms with Crippen LogP contribution in [0.25, 0.3) is 32.7 Å². The molecule has 0 atom stereocenters. The van der Waals surface area contributed by atoms with Crippen molar-refractivity contribution >= 4 is 44.3 Å². The first-order valence-corrected chi connectivity index (χ1v) is 17.4. The molecule has 0 aliphatic carbocycles. The summed E-state index contributed by atoms with van der Waals surface area (Å²) >= 11 is 8.44. The van der Waals surface area contributed by atoms with E-state index in [1.807, 2.05) is 0 Å². The second kappa shape index (κ2) is 13.7. The molecule has 0 saturated carbocycles. The number of alkyl halides is 1. The summed E-state index contributed by atoms with van der Waals surface area (Å²) in [5, 5.41) is 3.72. The van der Waals surface area contributed by atoms with E-state index in [9.17, 15) is 0 Å². The second-order valence-corrected chi connectivity index (χ2v) is 13.1. The Morgan fingerprint density at radius 3 is 1.05 bits per heavy atom. The lowest BCUT2D eigenvalue weighted by molar-refractivity contribution is 0.610. The molecule has 6 rings (SSSR count). The van der Waals surface area contributed by atoms with Crippen molar-refractivity contribution in [3.05, 3.63) is 108 Å². The van der Waals surface area contributed by atoms with Crippen molar-refractivity contribution in [2.75, 3.05) is 0 Å². The number of hydrogen-bond donors (Lipinski definition) is 0. The number of aromatic nitrogens is 3. The van der Waals surface area contributed by atoms with E-state index < -0.39 is 4.87 Å². The average molecular weight is 606 g/mol. The highest BCUT2D eigenvalue weighted by molar-refractivity contribution is 6.31. The maximum Gasteiger partial charge on any atom is 0.126 e. The van der Waals surface area contributed by atoms with E-state index in [1.165, 1.54) is 87.9 Å². The molecule has 0 amide bonds. The van der Waals surface area contributed by atoms with Crippen LogP contribution < -0.4 is 0 Å². The molecule has 0 N–H and O–H groups in total. The number of hydrogen-bond acceptors (Lipinski definition) is 0. The zero-order valence-electron chi connectivity index (χ0n) is 26.9. The van der Waals surface area contributed by atoms with Crippen LogP contribution in [0.1, 0.15) is 95.2 Å². The lowest BCUT2D eigenvalue weighted by Gasteiger charge is -2.27. The molecule has 3 nitrogen and oxygen atoms in total. The Balaban J connectivity index is 1.64. The van der Waals surface area contributed by atoms with Crippen LogP contribution >= 0.6 is 11.6 Å². The van der Waals surface area contributed by atoms with Crippen LogP contribution in [-0.2, 0) is 24.5 Å². The summed E-state index contributed by atoms with van der Waals surface area (Å²) < 4.78 is 7.37. The summed E-state index contributed by atoms with van der Waals surface area (Å²) in [6.07, 6.45) is 17.9. The first kappa shape index (κ1) is 30.6. The van der Waals surface area contributed by atoms with Gasteiger partial charge in [0.05, 0.1) is 0 Å². The molecule has 3 heterocycles. The fourth-order valence-electron chi connectivity index (χ4n) is 7.15. The largest absolute Gasteiger partial charge is 0.347 e. The molecular formula is C40H48ClN3. The number of rotatable bonds is 15. The van der Waals surface area contributed by atoms with Gasteiger partial charge in [-0.1, -0.05) is 114 Å². The minimum Gasteiger partial charge on any atom is -0.347 e. The molecule has 6 aromatic rings. The molecule has 3 aromatic carbocycles. The summed E-state index contributed by atoms with van der Waals surface area (Å²) in [6, 6.07) is 26.6. The van der Waals surface area contributed by atoms with Crippen LogP contribution in [0.5, 0.6) is 0 Å². The zero-order valence-corrected chi connectivity index (χ0v) is 27.6. The molecule has 0 radical (unpaired) electrons. The second-order valence-electron chi connectivity index (χ2n) is 12.5. The molecule has 0 spiro atoms.